The van der Waals surface area contributed by atoms with Gasteiger partial charge in [0.05, 0.1) is 11.9 Å². The van der Waals surface area contributed by atoms with Gasteiger partial charge in [0, 0.05) is 22.9 Å². The molecule has 0 amide bonds. The molecule has 0 radical (unpaired) electrons. The molecule has 0 aliphatic heterocycles. The molecule has 0 N–H and O–H groups in total. The van der Waals surface area contributed by atoms with Crippen LogP contribution in [0, 0.1) is 5.82 Å². The molecule has 4 heteroatoms. The van der Waals surface area contributed by atoms with Crippen molar-refractivity contribution in [1.82, 2.24) is 9.78 Å². The van der Waals surface area contributed by atoms with Crippen molar-refractivity contribution in [3.63, 3.8) is 0 Å². The smallest absolute Gasteiger partial charge is 0.150 e. The maximum Gasteiger partial charge on any atom is 0.150 e. The van der Waals surface area contributed by atoms with Crippen molar-refractivity contribution < 1.29 is 9.18 Å². The van der Waals surface area contributed by atoms with Crippen LogP contribution in [0.15, 0.2) is 60.9 Å². The van der Waals surface area contributed by atoms with Gasteiger partial charge < -0.3 is 0 Å². The summed E-state index contributed by atoms with van der Waals surface area (Å²) in [4.78, 5) is 10.8. The highest BCUT2D eigenvalue weighted by molar-refractivity contribution is 5.78. The molecule has 1 heterocycles. The number of hydrogen-bond donors (Lipinski definition) is 0. The molecule has 98 valence electrons. The van der Waals surface area contributed by atoms with E-state index in [9.17, 15) is 9.18 Å². The summed E-state index contributed by atoms with van der Waals surface area (Å²) in [6, 6.07) is 13.8. The van der Waals surface area contributed by atoms with E-state index in [1.54, 1.807) is 17.1 Å². The van der Waals surface area contributed by atoms with E-state index in [2.05, 4.69) is 5.10 Å². The zero-order chi connectivity index (χ0) is 13.9. The summed E-state index contributed by atoms with van der Waals surface area (Å²) in [6.45, 7) is 0. The van der Waals surface area contributed by atoms with Crippen molar-refractivity contribution in [1.29, 1.82) is 0 Å². The number of aldehydes is 1. The Labute approximate surface area is 115 Å². The number of halogens is 1. The molecular formula is C16H11FN2O. The number of hydrogen-bond acceptors (Lipinski definition) is 2. The summed E-state index contributed by atoms with van der Waals surface area (Å²) < 4.78 is 15.5. The Bertz CT molecular complexity index is 750. The van der Waals surface area contributed by atoms with E-state index in [1.165, 1.54) is 18.2 Å². The van der Waals surface area contributed by atoms with E-state index < -0.39 is 0 Å². The average Bonchev–Trinajstić information content (AvgIpc) is 2.98. The van der Waals surface area contributed by atoms with E-state index in [-0.39, 0.29) is 5.82 Å². The van der Waals surface area contributed by atoms with Crippen molar-refractivity contribution in [3.05, 3.63) is 72.3 Å². The predicted octanol–water partition coefficient (Wildman–Crippen LogP) is 3.49. The number of carbonyl (C=O) groups excluding carboxylic acids is 1. The molecule has 3 rings (SSSR count). The highest BCUT2D eigenvalue weighted by Crippen LogP contribution is 2.24. The van der Waals surface area contributed by atoms with E-state index in [0.29, 0.717) is 23.0 Å². The molecule has 2 aromatic carbocycles. The maximum absolute atomic E-state index is 13.9. The Morgan fingerprint density at radius 2 is 1.90 bits per heavy atom. The van der Waals surface area contributed by atoms with Crippen molar-refractivity contribution in [2.75, 3.05) is 0 Å². The number of nitrogens with zero attached hydrogens (tertiary/aromatic N) is 2. The van der Waals surface area contributed by atoms with Crippen molar-refractivity contribution in [2.24, 2.45) is 0 Å². The highest BCUT2D eigenvalue weighted by atomic mass is 19.1. The van der Waals surface area contributed by atoms with Crippen LogP contribution in [0.1, 0.15) is 10.4 Å². The van der Waals surface area contributed by atoms with Crippen LogP contribution in [-0.2, 0) is 0 Å². The fourth-order valence-electron chi connectivity index (χ4n) is 2.02. The SMILES string of the molecule is O=Cc1ccc(F)c(-c2cnn(-c3ccccc3)c2)c1. The topological polar surface area (TPSA) is 34.9 Å². The van der Waals surface area contributed by atoms with Gasteiger partial charge in [0.1, 0.15) is 12.1 Å². The standard InChI is InChI=1S/C16H11FN2O/c17-16-7-6-12(11-20)8-15(16)13-9-18-19(10-13)14-4-2-1-3-5-14/h1-11H. The average molecular weight is 266 g/mol. The minimum absolute atomic E-state index is 0.372. The molecular weight excluding hydrogens is 255 g/mol. The zero-order valence-electron chi connectivity index (χ0n) is 10.5. The van der Waals surface area contributed by atoms with Gasteiger partial charge in [-0.3, -0.25) is 4.79 Å². The molecule has 20 heavy (non-hydrogen) atoms. The van der Waals surface area contributed by atoms with Crippen molar-refractivity contribution >= 4 is 6.29 Å². The summed E-state index contributed by atoms with van der Waals surface area (Å²) in [5, 5.41) is 4.22. The second-order valence-electron chi connectivity index (χ2n) is 4.37. The van der Waals surface area contributed by atoms with Crippen LogP contribution in [0.4, 0.5) is 4.39 Å². The first-order valence-corrected chi connectivity index (χ1v) is 6.13. The van der Waals surface area contributed by atoms with Crippen LogP contribution in [-0.4, -0.2) is 16.1 Å². The lowest BCUT2D eigenvalue weighted by atomic mass is 10.1. The van der Waals surface area contributed by atoms with Gasteiger partial charge in [0.15, 0.2) is 0 Å². The van der Waals surface area contributed by atoms with Crippen molar-refractivity contribution in [3.8, 4) is 16.8 Å². The Hall–Kier alpha value is -2.75. The van der Waals surface area contributed by atoms with Gasteiger partial charge in [-0.25, -0.2) is 9.07 Å². The summed E-state index contributed by atoms with van der Waals surface area (Å²) in [6.07, 6.45) is 4.02. The zero-order valence-corrected chi connectivity index (χ0v) is 10.5. The largest absolute Gasteiger partial charge is 0.298 e. The van der Waals surface area contributed by atoms with Gasteiger partial charge in [-0.2, -0.15) is 5.10 Å². The summed E-state index contributed by atoms with van der Waals surface area (Å²) in [5.74, 6) is -0.372. The number of para-hydroxylation sites is 1. The lowest BCUT2D eigenvalue weighted by Gasteiger charge is -2.01. The predicted molar refractivity (Wildman–Crippen MR) is 74.3 cm³/mol. The van der Waals surface area contributed by atoms with Gasteiger partial charge in [0.25, 0.3) is 0 Å². The quantitative estimate of drug-likeness (QED) is 0.680. The normalized spacial score (nSPS) is 10.4. The Balaban J connectivity index is 2.04. The molecule has 0 saturated heterocycles. The minimum Gasteiger partial charge on any atom is -0.298 e. The van der Waals surface area contributed by atoms with Gasteiger partial charge in [0.2, 0.25) is 0 Å². The number of benzene rings is 2. The van der Waals surface area contributed by atoms with Crippen LogP contribution in [0.2, 0.25) is 0 Å². The first-order valence-electron chi connectivity index (χ1n) is 6.13. The third kappa shape index (κ3) is 2.23. The minimum atomic E-state index is -0.372. The number of aromatic nitrogens is 2. The Morgan fingerprint density at radius 1 is 1.10 bits per heavy atom. The van der Waals surface area contributed by atoms with Gasteiger partial charge >= 0.3 is 0 Å². The molecule has 0 aliphatic carbocycles. The molecule has 0 bridgehead atoms. The third-order valence-electron chi connectivity index (χ3n) is 3.04. The van der Waals surface area contributed by atoms with E-state index in [1.807, 2.05) is 30.3 Å². The van der Waals surface area contributed by atoms with E-state index in [4.69, 9.17) is 0 Å². The molecule has 0 atom stereocenters. The van der Waals surface area contributed by atoms with Gasteiger partial charge in [-0.1, -0.05) is 18.2 Å². The molecule has 3 nitrogen and oxygen atoms in total. The number of rotatable bonds is 3. The fourth-order valence-corrected chi connectivity index (χ4v) is 2.02. The second kappa shape index (κ2) is 5.09. The van der Waals surface area contributed by atoms with E-state index in [0.717, 1.165) is 5.69 Å². The lowest BCUT2D eigenvalue weighted by Crippen LogP contribution is -1.92. The van der Waals surface area contributed by atoms with Crippen LogP contribution in [0.5, 0.6) is 0 Å². The molecule has 0 fully saturated rings. The first-order chi connectivity index (χ1) is 9.78. The van der Waals surface area contributed by atoms with Gasteiger partial charge in [-0.15, -0.1) is 0 Å². The summed E-state index contributed by atoms with van der Waals surface area (Å²) in [5.41, 5.74) is 2.34. The first kappa shape index (κ1) is 12.3. The fraction of sp³-hybridized carbons (Fsp3) is 0. The summed E-state index contributed by atoms with van der Waals surface area (Å²) >= 11 is 0. The Morgan fingerprint density at radius 3 is 2.65 bits per heavy atom. The van der Waals surface area contributed by atoms with Crippen LogP contribution in [0.3, 0.4) is 0 Å². The number of carbonyl (C=O) groups is 1. The van der Waals surface area contributed by atoms with Crippen LogP contribution in [0.25, 0.3) is 16.8 Å². The highest BCUT2D eigenvalue weighted by Gasteiger charge is 2.09. The van der Waals surface area contributed by atoms with Gasteiger partial charge in [-0.05, 0) is 30.3 Å². The second-order valence-corrected chi connectivity index (χ2v) is 4.37. The third-order valence-corrected chi connectivity index (χ3v) is 3.04. The Kier molecular flexibility index (Phi) is 3.13. The molecule has 3 aromatic rings. The molecule has 0 aliphatic rings. The molecule has 0 unspecified atom stereocenters. The summed E-state index contributed by atoms with van der Waals surface area (Å²) in [7, 11) is 0. The van der Waals surface area contributed by atoms with Crippen molar-refractivity contribution in [2.45, 2.75) is 0 Å². The maximum atomic E-state index is 13.9. The van der Waals surface area contributed by atoms with E-state index >= 15 is 0 Å². The monoisotopic (exact) mass is 266 g/mol. The molecule has 0 spiro atoms. The molecule has 1 aromatic heterocycles. The van der Waals surface area contributed by atoms with Crippen LogP contribution < -0.4 is 0 Å². The lowest BCUT2D eigenvalue weighted by molar-refractivity contribution is 0.112. The molecule has 0 saturated carbocycles. The van der Waals surface area contributed by atoms with Crippen LogP contribution >= 0.6 is 0 Å².